The third-order valence-electron chi connectivity index (χ3n) is 4.51. The van der Waals surface area contributed by atoms with Crippen LogP contribution in [0, 0.1) is 5.82 Å². The molecule has 148 valence electrons. The van der Waals surface area contributed by atoms with Gasteiger partial charge >= 0.3 is 6.18 Å². The number of anilines is 1. The quantitative estimate of drug-likeness (QED) is 0.531. The molecule has 1 heterocycles. The summed E-state index contributed by atoms with van der Waals surface area (Å²) in [4.78, 5) is 15.8. The van der Waals surface area contributed by atoms with Crippen molar-refractivity contribution in [2.24, 2.45) is 0 Å². The van der Waals surface area contributed by atoms with Gasteiger partial charge in [0.25, 0.3) is 0 Å². The van der Waals surface area contributed by atoms with Crippen LogP contribution in [-0.4, -0.2) is 37.0 Å². The van der Waals surface area contributed by atoms with Crippen molar-refractivity contribution in [2.45, 2.75) is 6.18 Å². The first-order chi connectivity index (χ1) is 13.3. The summed E-state index contributed by atoms with van der Waals surface area (Å²) >= 11 is 5.93. The van der Waals surface area contributed by atoms with Gasteiger partial charge in [0.05, 0.1) is 11.3 Å². The summed E-state index contributed by atoms with van der Waals surface area (Å²) in [5.41, 5.74) is -0.224. The molecule has 0 saturated carbocycles. The number of halogens is 5. The number of alkyl halides is 3. The molecule has 0 spiro atoms. The van der Waals surface area contributed by atoms with E-state index in [2.05, 4.69) is 0 Å². The largest absolute Gasteiger partial charge is 0.416 e. The molecule has 0 bridgehead atoms. The van der Waals surface area contributed by atoms with Gasteiger partial charge in [0, 0.05) is 37.3 Å². The van der Waals surface area contributed by atoms with Gasteiger partial charge in [-0.25, -0.2) is 4.39 Å². The first kappa shape index (κ1) is 20.2. The summed E-state index contributed by atoms with van der Waals surface area (Å²) < 4.78 is 52.3. The van der Waals surface area contributed by atoms with Gasteiger partial charge in [-0.3, -0.25) is 4.79 Å². The van der Waals surface area contributed by atoms with Crippen molar-refractivity contribution < 1.29 is 22.4 Å². The van der Waals surface area contributed by atoms with Crippen LogP contribution in [0.25, 0.3) is 6.08 Å². The van der Waals surface area contributed by atoms with Gasteiger partial charge in [0.1, 0.15) is 5.82 Å². The van der Waals surface area contributed by atoms with Gasteiger partial charge in [-0.1, -0.05) is 23.7 Å². The molecule has 2 aromatic rings. The summed E-state index contributed by atoms with van der Waals surface area (Å²) in [6, 6.07) is 9.38. The van der Waals surface area contributed by atoms with E-state index in [4.69, 9.17) is 11.6 Å². The highest BCUT2D eigenvalue weighted by molar-refractivity contribution is 6.32. The molecule has 1 aliphatic heterocycles. The van der Waals surface area contributed by atoms with Crippen molar-refractivity contribution in [1.29, 1.82) is 0 Å². The zero-order chi connectivity index (χ0) is 20.3. The SMILES string of the molecule is O=C(/C=C/c1cc(C(F)(F)F)ccc1Cl)N1CCN(c2ccccc2F)CC1. The predicted octanol–water partition coefficient (Wildman–Crippen LogP) is 4.86. The first-order valence-corrected chi connectivity index (χ1v) is 8.97. The molecule has 28 heavy (non-hydrogen) atoms. The standard InChI is InChI=1S/C20H17ClF4N2O/c21-16-7-6-15(20(23,24)25)13-14(16)5-8-19(28)27-11-9-26(10-12-27)18-4-2-1-3-17(18)22/h1-8,13H,9-12H2/b8-5+. The van der Waals surface area contributed by atoms with Gasteiger partial charge in [-0.2, -0.15) is 13.2 Å². The summed E-state index contributed by atoms with van der Waals surface area (Å²) in [6.45, 7) is 1.69. The number of hydrogen-bond acceptors (Lipinski definition) is 2. The van der Waals surface area contributed by atoms with Gasteiger partial charge in [-0.15, -0.1) is 0 Å². The van der Waals surface area contributed by atoms with E-state index < -0.39 is 11.7 Å². The second-order valence-electron chi connectivity index (χ2n) is 6.33. The Balaban J connectivity index is 1.64. The number of hydrogen-bond donors (Lipinski definition) is 0. The lowest BCUT2D eigenvalue weighted by Gasteiger charge is -2.35. The minimum atomic E-state index is -4.49. The maximum absolute atomic E-state index is 13.9. The molecule has 0 atom stereocenters. The molecule has 3 rings (SSSR count). The molecular formula is C20H17ClF4N2O. The normalized spacial score (nSPS) is 15.3. The molecule has 0 aromatic heterocycles. The number of nitrogens with zero attached hydrogens (tertiary/aromatic N) is 2. The smallest absolute Gasteiger partial charge is 0.366 e. The minimum absolute atomic E-state index is 0.120. The summed E-state index contributed by atoms with van der Waals surface area (Å²) in [6.07, 6.45) is -2.00. The van der Waals surface area contributed by atoms with Crippen molar-refractivity contribution in [3.8, 4) is 0 Å². The molecule has 0 radical (unpaired) electrons. The van der Waals surface area contributed by atoms with Crippen LogP contribution in [0.15, 0.2) is 48.5 Å². The average Bonchev–Trinajstić information content (AvgIpc) is 2.67. The van der Waals surface area contributed by atoms with E-state index in [9.17, 15) is 22.4 Å². The van der Waals surface area contributed by atoms with E-state index in [0.717, 1.165) is 18.2 Å². The highest BCUT2D eigenvalue weighted by Crippen LogP contribution is 2.32. The lowest BCUT2D eigenvalue weighted by molar-refractivity contribution is -0.137. The Labute approximate surface area is 164 Å². The first-order valence-electron chi connectivity index (χ1n) is 8.59. The van der Waals surface area contributed by atoms with Crippen LogP contribution in [0.4, 0.5) is 23.2 Å². The molecular weight excluding hydrogens is 396 g/mol. The molecule has 1 amide bonds. The van der Waals surface area contributed by atoms with Gasteiger partial charge in [0.2, 0.25) is 5.91 Å². The van der Waals surface area contributed by atoms with Crippen LogP contribution >= 0.6 is 11.6 Å². The Morgan fingerprint density at radius 2 is 1.71 bits per heavy atom. The van der Waals surface area contributed by atoms with Crippen LogP contribution in [0.5, 0.6) is 0 Å². The number of rotatable bonds is 3. The highest BCUT2D eigenvalue weighted by Gasteiger charge is 2.30. The Morgan fingerprint density at radius 1 is 1.04 bits per heavy atom. The number of piperazine rings is 1. The second kappa shape index (κ2) is 8.22. The number of benzene rings is 2. The zero-order valence-corrected chi connectivity index (χ0v) is 15.5. The van der Waals surface area contributed by atoms with Crippen LogP contribution in [0.2, 0.25) is 5.02 Å². The fourth-order valence-corrected chi connectivity index (χ4v) is 3.17. The monoisotopic (exact) mass is 412 g/mol. The lowest BCUT2D eigenvalue weighted by Crippen LogP contribution is -2.48. The van der Waals surface area contributed by atoms with Crippen molar-refractivity contribution in [1.82, 2.24) is 4.90 Å². The Hall–Kier alpha value is -2.54. The van der Waals surface area contributed by atoms with Gasteiger partial charge < -0.3 is 9.80 Å². The zero-order valence-electron chi connectivity index (χ0n) is 14.7. The summed E-state index contributed by atoms with van der Waals surface area (Å²) in [7, 11) is 0. The highest BCUT2D eigenvalue weighted by atomic mass is 35.5. The maximum Gasteiger partial charge on any atom is 0.416 e. The predicted molar refractivity (Wildman–Crippen MR) is 101 cm³/mol. The van der Waals surface area contributed by atoms with E-state index in [0.29, 0.717) is 31.9 Å². The van der Waals surface area contributed by atoms with Crippen LogP contribution in [-0.2, 0) is 11.0 Å². The maximum atomic E-state index is 13.9. The third-order valence-corrected chi connectivity index (χ3v) is 4.86. The fraction of sp³-hybridized carbons (Fsp3) is 0.250. The number of para-hydroxylation sites is 1. The van der Waals surface area contributed by atoms with Crippen molar-refractivity contribution in [3.63, 3.8) is 0 Å². The molecule has 0 N–H and O–H groups in total. The van der Waals surface area contributed by atoms with E-state index >= 15 is 0 Å². The average molecular weight is 413 g/mol. The van der Waals surface area contributed by atoms with Crippen LogP contribution in [0.3, 0.4) is 0 Å². The molecule has 3 nitrogen and oxygen atoms in total. The molecule has 8 heteroatoms. The Bertz CT molecular complexity index is 890. The van der Waals surface area contributed by atoms with E-state index in [-0.39, 0.29) is 22.3 Å². The Morgan fingerprint density at radius 3 is 2.36 bits per heavy atom. The van der Waals surface area contributed by atoms with Gasteiger partial charge in [0.15, 0.2) is 0 Å². The summed E-state index contributed by atoms with van der Waals surface area (Å²) in [5.74, 6) is -0.650. The summed E-state index contributed by atoms with van der Waals surface area (Å²) in [5, 5.41) is 0.126. The van der Waals surface area contributed by atoms with Gasteiger partial charge in [-0.05, 0) is 42.0 Å². The second-order valence-corrected chi connectivity index (χ2v) is 6.74. The van der Waals surface area contributed by atoms with Crippen molar-refractivity contribution in [3.05, 3.63) is 70.5 Å². The van der Waals surface area contributed by atoms with E-state index in [1.807, 2.05) is 4.90 Å². The minimum Gasteiger partial charge on any atom is -0.366 e. The number of carbonyl (C=O) groups is 1. The molecule has 2 aromatic carbocycles. The topological polar surface area (TPSA) is 23.6 Å². The molecule has 0 aliphatic carbocycles. The van der Waals surface area contributed by atoms with Crippen LogP contribution in [0.1, 0.15) is 11.1 Å². The molecule has 1 fully saturated rings. The lowest BCUT2D eigenvalue weighted by atomic mass is 10.1. The van der Waals surface area contributed by atoms with E-state index in [1.165, 1.54) is 18.2 Å². The molecule has 1 aliphatic rings. The van der Waals surface area contributed by atoms with Crippen LogP contribution < -0.4 is 4.90 Å². The fourth-order valence-electron chi connectivity index (χ4n) is 2.99. The number of carbonyl (C=O) groups excluding carboxylic acids is 1. The van der Waals surface area contributed by atoms with E-state index in [1.54, 1.807) is 23.1 Å². The number of amides is 1. The van der Waals surface area contributed by atoms with Crippen molar-refractivity contribution >= 4 is 29.3 Å². The Kier molecular flexibility index (Phi) is 5.93. The molecule has 1 saturated heterocycles. The van der Waals surface area contributed by atoms with Crippen molar-refractivity contribution in [2.75, 3.05) is 31.1 Å². The third kappa shape index (κ3) is 4.65. The molecule has 0 unspecified atom stereocenters.